The molecule has 1 fully saturated rings. The fourth-order valence-electron chi connectivity index (χ4n) is 2.60. The van der Waals surface area contributed by atoms with E-state index in [4.69, 9.17) is 5.11 Å². The van der Waals surface area contributed by atoms with Crippen molar-refractivity contribution in [1.82, 2.24) is 19.9 Å². The monoisotopic (exact) mass is 294 g/mol. The highest BCUT2D eigenvalue weighted by Gasteiger charge is 2.24. The lowest BCUT2D eigenvalue weighted by molar-refractivity contribution is -0.133. The number of carboxylic acids is 1. The number of hydrogen-bond donors (Lipinski definition) is 1. The number of carbonyl (C=O) groups is 2. The molecular formula is C14H22N4O3. The number of nitrogens with zero attached hydrogens (tertiary/aromatic N) is 4. The molecule has 7 heteroatoms. The Morgan fingerprint density at radius 1 is 1.33 bits per heavy atom. The normalized spacial score (nSPS) is 16.2. The maximum absolute atomic E-state index is 12.3. The number of hydrogen-bond acceptors (Lipinski definition) is 4. The van der Waals surface area contributed by atoms with Crippen molar-refractivity contribution in [2.45, 2.75) is 46.1 Å². The van der Waals surface area contributed by atoms with Gasteiger partial charge in [0.25, 0.3) is 0 Å². The van der Waals surface area contributed by atoms with Crippen molar-refractivity contribution in [3.63, 3.8) is 0 Å². The van der Waals surface area contributed by atoms with Gasteiger partial charge in [0.15, 0.2) is 5.69 Å². The molecule has 0 atom stereocenters. The molecule has 1 aliphatic heterocycles. The van der Waals surface area contributed by atoms with Crippen molar-refractivity contribution in [2.75, 3.05) is 13.1 Å². The fourth-order valence-corrected chi connectivity index (χ4v) is 2.60. The highest BCUT2D eigenvalue weighted by atomic mass is 16.4. The minimum Gasteiger partial charge on any atom is -0.476 e. The number of amides is 1. The molecule has 1 saturated heterocycles. The molecular weight excluding hydrogens is 272 g/mol. The van der Waals surface area contributed by atoms with Crippen LogP contribution < -0.4 is 0 Å². The maximum atomic E-state index is 12.3. The zero-order valence-corrected chi connectivity index (χ0v) is 12.6. The van der Waals surface area contributed by atoms with Crippen LogP contribution in [0, 0.1) is 5.92 Å². The van der Waals surface area contributed by atoms with Crippen LogP contribution in [0.1, 0.15) is 49.3 Å². The molecule has 1 aromatic rings. The molecule has 0 unspecified atom stereocenters. The average Bonchev–Trinajstić information content (AvgIpc) is 2.83. The van der Waals surface area contributed by atoms with E-state index >= 15 is 0 Å². The number of carbonyl (C=O) groups excluding carboxylic acids is 1. The fraction of sp³-hybridized carbons (Fsp3) is 0.714. The summed E-state index contributed by atoms with van der Waals surface area (Å²) in [5.74, 6) is -0.445. The van der Waals surface area contributed by atoms with Gasteiger partial charge in [-0.2, -0.15) is 0 Å². The van der Waals surface area contributed by atoms with Crippen LogP contribution in [0.5, 0.6) is 0 Å². The van der Waals surface area contributed by atoms with Gasteiger partial charge < -0.3 is 10.0 Å². The van der Waals surface area contributed by atoms with Crippen molar-refractivity contribution in [1.29, 1.82) is 0 Å². The summed E-state index contributed by atoms with van der Waals surface area (Å²) in [6.45, 7) is 5.76. The van der Waals surface area contributed by atoms with Crippen LogP contribution in [0.3, 0.4) is 0 Å². The van der Waals surface area contributed by atoms with Crippen LogP contribution in [0.2, 0.25) is 0 Å². The molecule has 7 nitrogen and oxygen atoms in total. The van der Waals surface area contributed by atoms with Gasteiger partial charge in [-0.25, -0.2) is 9.48 Å². The first kappa shape index (κ1) is 15.5. The Balaban J connectivity index is 2.08. The molecule has 0 saturated carbocycles. The quantitative estimate of drug-likeness (QED) is 0.881. The average molecular weight is 294 g/mol. The molecule has 1 aliphatic rings. The Labute approximate surface area is 123 Å². The van der Waals surface area contributed by atoms with E-state index in [1.807, 2.05) is 11.8 Å². The molecule has 0 aliphatic carbocycles. The summed E-state index contributed by atoms with van der Waals surface area (Å²) >= 11 is 0. The van der Waals surface area contributed by atoms with E-state index in [-0.39, 0.29) is 18.1 Å². The lowest BCUT2D eigenvalue weighted by Crippen LogP contribution is -2.40. The van der Waals surface area contributed by atoms with Crippen LogP contribution in [-0.4, -0.2) is 50.0 Å². The van der Waals surface area contributed by atoms with Gasteiger partial charge in [-0.1, -0.05) is 25.5 Å². The maximum Gasteiger partial charge on any atom is 0.358 e. The number of piperidine rings is 1. The lowest BCUT2D eigenvalue weighted by atomic mass is 9.99. The van der Waals surface area contributed by atoms with Gasteiger partial charge >= 0.3 is 5.97 Å². The predicted octanol–water partition coefficient (Wildman–Crippen LogP) is 1.19. The van der Waals surface area contributed by atoms with Crippen LogP contribution >= 0.6 is 0 Å². The third-order valence-electron chi connectivity index (χ3n) is 3.95. The molecule has 0 aromatic carbocycles. The minimum atomic E-state index is -1.09. The zero-order valence-electron chi connectivity index (χ0n) is 12.6. The molecule has 1 amide bonds. The first-order valence-electron chi connectivity index (χ1n) is 7.46. The van der Waals surface area contributed by atoms with Crippen molar-refractivity contribution < 1.29 is 14.7 Å². The molecule has 1 aromatic heterocycles. The summed E-state index contributed by atoms with van der Waals surface area (Å²) in [4.78, 5) is 25.3. The summed E-state index contributed by atoms with van der Waals surface area (Å²) in [6, 6.07) is 0. The topological polar surface area (TPSA) is 88.3 Å². The third-order valence-corrected chi connectivity index (χ3v) is 3.95. The second-order valence-electron chi connectivity index (χ2n) is 5.66. The molecule has 0 radical (unpaired) electrons. The summed E-state index contributed by atoms with van der Waals surface area (Å²) < 4.78 is 1.44. The third kappa shape index (κ3) is 3.59. The molecule has 2 heterocycles. The first-order chi connectivity index (χ1) is 10.0. The molecule has 21 heavy (non-hydrogen) atoms. The van der Waals surface area contributed by atoms with E-state index in [2.05, 4.69) is 17.2 Å². The summed E-state index contributed by atoms with van der Waals surface area (Å²) in [5.41, 5.74) is 0.487. The van der Waals surface area contributed by atoms with Gasteiger partial charge in [0.2, 0.25) is 5.91 Å². The number of likely N-dealkylation sites (tertiary alicyclic amines) is 1. The van der Waals surface area contributed by atoms with Crippen molar-refractivity contribution in [3.8, 4) is 0 Å². The standard InChI is InChI=1S/C14H22N4O3/c1-3-4-11-13(14(20)21)15-16-18(11)9-12(19)17-7-5-10(2)6-8-17/h10H,3-9H2,1-2H3,(H,20,21). The van der Waals surface area contributed by atoms with E-state index in [9.17, 15) is 9.59 Å². The number of carboxylic acid groups (broad SMARTS) is 1. The molecule has 0 bridgehead atoms. The summed E-state index contributed by atoms with van der Waals surface area (Å²) in [5, 5.41) is 16.6. The van der Waals surface area contributed by atoms with E-state index in [1.165, 1.54) is 4.68 Å². The summed E-state index contributed by atoms with van der Waals surface area (Å²) in [7, 11) is 0. The van der Waals surface area contributed by atoms with E-state index in [1.54, 1.807) is 0 Å². The second kappa shape index (κ2) is 6.69. The lowest BCUT2D eigenvalue weighted by Gasteiger charge is -2.30. The largest absolute Gasteiger partial charge is 0.476 e. The van der Waals surface area contributed by atoms with Gasteiger partial charge in [-0.15, -0.1) is 5.10 Å². The predicted molar refractivity (Wildman–Crippen MR) is 76.0 cm³/mol. The Morgan fingerprint density at radius 2 is 2.00 bits per heavy atom. The Kier molecular flexibility index (Phi) is 4.93. The Morgan fingerprint density at radius 3 is 2.57 bits per heavy atom. The van der Waals surface area contributed by atoms with E-state index in [0.29, 0.717) is 18.0 Å². The summed E-state index contributed by atoms with van der Waals surface area (Å²) in [6.07, 6.45) is 3.37. The van der Waals surface area contributed by atoms with Crippen molar-refractivity contribution >= 4 is 11.9 Å². The van der Waals surface area contributed by atoms with Crippen LogP contribution in [-0.2, 0) is 17.8 Å². The highest BCUT2D eigenvalue weighted by Crippen LogP contribution is 2.17. The van der Waals surface area contributed by atoms with E-state index < -0.39 is 5.97 Å². The molecule has 2 rings (SSSR count). The minimum absolute atomic E-state index is 0.0129. The number of aromatic carboxylic acids is 1. The van der Waals surface area contributed by atoms with Crippen LogP contribution in [0.25, 0.3) is 0 Å². The SMILES string of the molecule is CCCc1c(C(=O)O)nnn1CC(=O)N1CCC(C)CC1. The zero-order chi connectivity index (χ0) is 15.4. The van der Waals surface area contributed by atoms with Crippen LogP contribution in [0.15, 0.2) is 0 Å². The first-order valence-corrected chi connectivity index (χ1v) is 7.46. The molecule has 0 spiro atoms. The van der Waals surface area contributed by atoms with Gasteiger partial charge in [-0.05, 0) is 25.2 Å². The van der Waals surface area contributed by atoms with E-state index in [0.717, 1.165) is 32.4 Å². The molecule has 1 N–H and O–H groups in total. The number of aromatic nitrogens is 3. The van der Waals surface area contributed by atoms with Gasteiger partial charge in [0.05, 0.1) is 5.69 Å². The van der Waals surface area contributed by atoms with Crippen molar-refractivity contribution in [2.24, 2.45) is 5.92 Å². The highest BCUT2D eigenvalue weighted by molar-refractivity contribution is 5.86. The Hall–Kier alpha value is -1.92. The smallest absolute Gasteiger partial charge is 0.358 e. The Bertz CT molecular complexity index is 518. The van der Waals surface area contributed by atoms with Crippen molar-refractivity contribution in [3.05, 3.63) is 11.4 Å². The molecule has 116 valence electrons. The van der Waals surface area contributed by atoms with Crippen LogP contribution in [0.4, 0.5) is 0 Å². The van der Waals surface area contributed by atoms with Gasteiger partial charge in [0, 0.05) is 13.1 Å². The second-order valence-corrected chi connectivity index (χ2v) is 5.66. The number of rotatable bonds is 5. The van der Waals surface area contributed by atoms with Gasteiger partial charge in [-0.3, -0.25) is 4.79 Å². The van der Waals surface area contributed by atoms with Gasteiger partial charge in [0.1, 0.15) is 6.54 Å².